The van der Waals surface area contributed by atoms with Crippen molar-refractivity contribution in [1.29, 1.82) is 0 Å². The fourth-order valence-electron chi connectivity index (χ4n) is 3.82. The van der Waals surface area contributed by atoms with Gasteiger partial charge in [-0.05, 0) is 55.7 Å². The van der Waals surface area contributed by atoms with Crippen LogP contribution in [0.2, 0.25) is 0 Å². The Morgan fingerprint density at radius 3 is 2.32 bits per heavy atom. The van der Waals surface area contributed by atoms with Gasteiger partial charge in [0.05, 0.1) is 25.5 Å². The highest BCUT2D eigenvalue weighted by Crippen LogP contribution is 2.30. The Morgan fingerprint density at radius 1 is 1.03 bits per heavy atom. The lowest BCUT2D eigenvalue weighted by molar-refractivity contribution is 0.0940. The third kappa shape index (κ3) is 6.07. The molecule has 0 atom stereocenters. The minimum Gasteiger partial charge on any atom is -0.481 e. The first-order valence-electron chi connectivity index (χ1n) is 10.3. The van der Waals surface area contributed by atoms with E-state index in [0.717, 1.165) is 25.7 Å². The molecule has 3 rings (SSSR count). The molecular formula is C22H28N4O5. The molecule has 0 saturated heterocycles. The van der Waals surface area contributed by atoms with Crippen LogP contribution in [0.4, 0.5) is 4.79 Å². The molecule has 3 N–H and O–H groups in total. The number of aromatic nitrogens is 2. The van der Waals surface area contributed by atoms with Gasteiger partial charge in [0.2, 0.25) is 11.8 Å². The number of hydrogen-bond donors (Lipinski definition) is 3. The largest absolute Gasteiger partial charge is 0.481 e. The Bertz CT molecular complexity index is 913. The molecule has 9 nitrogen and oxygen atoms in total. The van der Waals surface area contributed by atoms with Crippen molar-refractivity contribution in [3.05, 3.63) is 36.0 Å². The number of methoxy groups -OCH3 is 2. The van der Waals surface area contributed by atoms with Crippen molar-refractivity contribution >= 4 is 12.0 Å². The Labute approximate surface area is 181 Å². The van der Waals surface area contributed by atoms with E-state index >= 15 is 0 Å². The highest BCUT2D eigenvalue weighted by Gasteiger charge is 2.22. The van der Waals surface area contributed by atoms with Gasteiger partial charge in [0.1, 0.15) is 0 Å². The predicted molar refractivity (Wildman–Crippen MR) is 114 cm³/mol. The quantitative estimate of drug-likeness (QED) is 0.591. The van der Waals surface area contributed by atoms with Gasteiger partial charge in [0, 0.05) is 30.9 Å². The summed E-state index contributed by atoms with van der Waals surface area (Å²) in [4.78, 5) is 31.9. The van der Waals surface area contributed by atoms with Gasteiger partial charge in [-0.2, -0.15) is 4.98 Å². The number of carbonyl (C=O) groups is 2. The Morgan fingerprint density at radius 2 is 1.71 bits per heavy atom. The number of nitrogens with zero attached hydrogens (tertiary/aromatic N) is 2. The van der Waals surface area contributed by atoms with Crippen LogP contribution in [0.3, 0.4) is 0 Å². The molecule has 0 aliphatic heterocycles. The summed E-state index contributed by atoms with van der Waals surface area (Å²) in [6.45, 7) is 1.10. The van der Waals surface area contributed by atoms with Gasteiger partial charge in [-0.3, -0.25) is 9.78 Å². The molecule has 2 heterocycles. The fourth-order valence-corrected chi connectivity index (χ4v) is 3.82. The van der Waals surface area contributed by atoms with E-state index in [1.54, 1.807) is 30.5 Å². The van der Waals surface area contributed by atoms with Gasteiger partial charge < -0.3 is 25.2 Å². The highest BCUT2D eigenvalue weighted by atomic mass is 16.5. The third-order valence-corrected chi connectivity index (χ3v) is 5.59. The van der Waals surface area contributed by atoms with Crippen LogP contribution in [0.1, 0.15) is 36.0 Å². The number of pyridine rings is 2. The van der Waals surface area contributed by atoms with Crippen molar-refractivity contribution < 1.29 is 24.2 Å². The summed E-state index contributed by atoms with van der Waals surface area (Å²) in [5.41, 5.74) is 1.78. The summed E-state index contributed by atoms with van der Waals surface area (Å²) in [6.07, 6.45) is 4.49. The SMILES string of the molecule is COc1ccc(-c2cc(C(=O)NC[C@H]3CC[C@H](CNC(=O)O)CC3)ccn2)c(OC)n1. The third-order valence-electron chi connectivity index (χ3n) is 5.59. The van der Waals surface area contributed by atoms with Crippen molar-refractivity contribution in [3.8, 4) is 23.0 Å². The maximum absolute atomic E-state index is 12.7. The molecule has 1 aliphatic rings. The number of amides is 2. The minimum atomic E-state index is -0.978. The van der Waals surface area contributed by atoms with Crippen molar-refractivity contribution in [3.63, 3.8) is 0 Å². The standard InChI is InChI=1S/C22H28N4O5/c1-30-19-8-7-17(21(26-19)31-2)18-11-16(9-10-23-18)20(27)24-12-14-3-5-15(6-4-14)13-25-22(28)29/h7-11,14-15,25H,3-6,12-13H2,1-2H3,(H,24,27)(H,28,29)/t14-,15-. The number of hydrogen-bond acceptors (Lipinski definition) is 6. The van der Waals surface area contributed by atoms with E-state index in [4.69, 9.17) is 14.6 Å². The number of carbonyl (C=O) groups excluding carboxylic acids is 1. The molecule has 1 fully saturated rings. The Kier molecular flexibility index (Phi) is 7.64. The zero-order valence-corrected chi connectivity index (χ0v) is 17.8. The van der Waals surface area contributed by atoms with Gasteiger partial charge in [0.25, 0.3) is 5.91 Å². The van der Waals surface area contributed by atoms with E-state index in [-0.39, 0.29) is 5.91 Å². The monoisotopic (exact) mass is 428 g/mol. The van der Waals surface area contributed by atoms with Crippen molar-refractivity contribution in [2.45, 2.75) is 25.7 Å². The molecule has 2 aromatic rings. The van der Waals surface area contributed by atoms with Crippen LogP contribution in [-0.2, 0) is 0 Å². The molecule has 2 aromatic heterocycles. The molecule has 0 radical (unpaired) electrons. The lowest BCUT2D eigenvalue weighted by Gasteiger charge is -2.28. The lowest BCUT2D eigenvalue weighted by atomic mass is 9.82. The number of rotatable bonds is 8. The first kappa shape index (κ1) is 22.3. The minimum absolute atomic E-state index is 0.154. The number of ether oxygens (including phenoxy) is 2. The lowest BCUT2D eigenvalue weighted by Crippen LogP contribution is -2.34. The van der Waals surface area contributed by atoms with Gasteiger partial charge in [-0.15, -0.1) is 0 Å². The second-order valence-corrected chi connectivity index (χ2v) is 7.62. The van der Waals surface area contributed by atoms with Crippen LogP contribution in [0.15, 0.2) is 30.5 Å². The highest BCUT2D eigenvalue weighted by molar-refractivity contribution is 5.95. The smallest absolute Gasteiger partial charge is 0.404 e. The van der Waals surface area contributed by atoms with Crippen molar-refractivity contribution in [2.24, 2.45) is 11.8 Å². The van der Waals surface area contributed by atoms with Gasteiger partial charge in [-0.1, -0.05) is 0 Å². The molecule has 166 valence electrons. The van der Waals surface area contributed by atoms with E-state index in [0.29, 0.717) is 53.5 Å². The van der Waals surface area contributed by atoms with Crippen LogP contribution >= 0.6 is 0 Å². The Hall–Kier alpha value is -3.36. The molecule has 2 amide bonds. The zero-order valence-electron chi connectivity index (χ0n) is 17.8. The van der Waals surface area contributed by atoms with E-state index in [2.05, 4.69) is 20.6 Å². The summed E-state index contributed by atoms with van der Waals surface area (Å²) in [5.74, 6) is 1.43. The van der Waals surface area contributed by atoms with Gasteiger partial charge in [0.15, 0.2) is 0 Å². The molecule has 0 unspecified atom stereocenters. The fraction of sp³-hybridized carbons (Fsp3) is 0.455. The molecule has 31 heavy (non-hydrogen) atoms. The van der Waals surface area contributed by atoms with Crippen molar-refractivity contribution in [2.75, 3.05) is 27.3 Å². The summed E-state index contributed by atoms with van der Waals surface area (Å²) in [5, 5.41) is 14.2. The van der Waals surface area contributed by atoms with Crippen LogP contribution < -0.4 is 20.1 Å². The average Bonchev–Trinajstić information content (AvgIpc) is 2.81. The summed E-state index contributed by atoms with van der Waals surface area (Å²) >= 11 is 0. The molecular weight excluding hydrogens is 400 g/mol. The molecule has 0 aromatic carbocycles. The Balaban J connectivity index is 1.57. The zero-order chi connectivity index (χ0) is 22.2. The van der Waals surface area contributed by atoms with Crippen LogP contribution in [-0.4, -0.2) is 54.4 Å². The van der Waals surface area contributed by atoms with Crippen LogP contribution in [0, 0.1) is 11.8 Å². The molecule has 1 saturated carbocycles. The normalized spacial score (nSPS) is 18.1. The number of carboxylic acid groups (broad SMARTS) is 1. The van der Waals surface area contributed by atoms with Gasteiger partial charge >= 0.3 is 6.09 Å². The average molecular weight is 428 g/mol. The second kappa shape index (κ2) is 10.6. The predicted octanol–water partition coefficient (Wildman–Crippen LogP) is 2.96. The molecule has 0 bridgehead atoms. The topological polar surface area (TPSA) is 123 Å². The van der Waals surface area contributed by atoms with Crippen LogP contribution in [0.5, 0.6) is 11.8 Å². The number of nitrogens with one attached hydrogen (secondary N) is 2. The van der Waals surface area contributed by atoms with E-state index < -0.39 is 6.09 Å². The maximum Gasteiger partial charge on any atom is 0.404 e. The van der Waals surface area contributed by atoms with Crippen LogP contribution in [0.25, 0.3) is 11.3 Å². The molecule has 9 heteroatoms. The first-order valence-corrected chi connectivity index (χ1v) is 10.3. The summed E-state index contributed by atoms with van der Waals surface area (Å²) in [7, 11) is 3.05. The summed E-state index contributed by atoms with van der Waals surface area (Å²) in [6, 6.07) is 6.91. The maximum atomic E-state index is 12.7. The van der Waals surface area contributed by atoms with E-state index in [1.165, 1.54) is 14.2 Å². The van der Waals surface area contributed by atoms with Gasteiger partial charge in [-0.25, -0.2) is 4.79 Å². The van der Waals surface area contributed by atoms with E-state index in [9.17, 15) is 9.59 Å². The second-order valence-electron chi connectivity index (χ2n) is 7.62. The van der Waals surface area contributed by atoms with E-state index in [1.807, 2.05) is 0 Å². The summed E-state index contributed by atoms with van der Waals surface area (Å²) < 4.78 is 10.5. The first-order chi connectivity index (χ1) is 15.0. The molecule has 0 spiro atoms. The molecule has 1 aliphatic carbocycles. The van der Waals surface area contributed by atoms with Crippen molar-refractivity contribution in [1.82, 2.24) is 20.6 Å².